The van der Waals surface area contributed by atoms with Gasteiger partial charge in [0, 0.05) is 19.1 Å². The Bertz CT molecular complexity index is 998. The first-order valence-corrected chi connectivity index (χ1v) is 25.6. The molecule has 46 heavy (non-hydrogen) atoms. The second-order valence-electron chi connectivity index (χ2n) is 13.3. The summed E-state index contributed by atoms with van der Waals surface area (Å²) in [4.78, 5) is 0.289. The molecule has 1 aromatic rings. The molecule has 0 heterocycles. The Morgan fingerprint density at radius 1 is 0.587 bits per heavy atom. The highest BCUT2D eigenvalue weighted by atomic mass is 32.2. The SMILES string of the molecule is CCCC[Si](CCCC)(CCCC)OCCCCC#CN(CCO[Si](CCCC)(CCCC)CCCC)S(=O)(=O)c1ccccc1. The molecular weight excluding hydrogens is 623 g/mol. The molecule has 0 aliphatic rings. The summed E-state index contributed by atoms with van der Waals surface area (Å²) in [6.07, 6.45) is 17.2. The Balaban J connectivity index is 2.97. The van der Waals surface area contributed by atoms with Gasteiger partial charge < -0.3 is 8.85 Å². The minimum absolute atomic E-state index is 0.271. The summed E-state index contributed by atoms with van der Waals surface area (Å²) in [6, 6.07) is 19.2. The second-order valence-corrected chi connectivity index (χ2v) is 23.5. The Morgan fingerprint density at radius 3 is 1.41 bits per heavy atom. The summed E-state index contributed by atoms with van der Waals surface area (Å²) in [5.41, 5.74) is 0. The molecule has 0 aromatic heterocycles. The van der Waals surface area contributed by atoms with Crippen LogP contribution in [0.1, 0.15) is 138 Å². The standard InChI is InChI=1S/C38H71NO4SSi2/c1-7-13-32-45(33-14-8-2,34-15-9-3)42-30-25-20-19-24-28-39(44(40,41)38-26-22-21-23-27-38)29-31-43-46(35-16-10-4,36-17-11-5)37-18-12-6/h21-23,26-27H,7-20,25,29-37H2,1-6H3. The van der Waals surface area contributed by atoms with Crippen molar-refractivity contribution in [3.05, 3.63) is 30.3 Å². The molecule has 1 aromatic carbocycles. The van der Waals surface area contributed by atoms with Gasteiger partial charge in [0.25, 0.3) is 10.0 Å². The molecule has 0 amide bonds. The van der Waals surface area contributed by atoms with Crippen molar-refractivity contribution in [2.24, 2.45) is 0 Å². The highest BCUT2D eigenvalue weighted by Gasteiger charge is 2.34. The Kier molecular flexibility index (Phi) is 24.1. The van der Waals surface area contributed by atoms with Crippen molar-refractivity contribution >= 4 is 26.7 Å². The summed E-state index contributed by atoms with van der Waals surface area (Å²) in [5.74, 6) is 3.22. The van der Waals surface area contributed by atoms with Crippen LogP contribution in [-0.4, -0.2) is 49.1 Å². The Morgan fingerprint density at radius 2 is 1.00 bits per heavy atom. The molecule has 0 unspecified atom stereocenters. The topological polar surface area (TPSA) is 55.8 Å². The summed E-state index contributed by atoms with van der Waals surface area (Å²) >= 11 is 0. The molecule has 0 fully saturated rings. The third-order valence-corrected chi connectivity index (χ3v) is 20.2. The lowest BCUT2D eigenvalue weighted by atomic mass is 10.2. The third-order valence-electron chi connectivity index (χ3n) is 9.26. The molecular formula is C38H71NO4SSi2. The van der Waals surface area contributed by atoms with Crippen LogP contribution in [0.25, 0.3) is 0 Å². The van der Waals surface area contributed by atoms with Crippen LogP contribution < -0.4 is 0 Å². The molecule has 0 aliphatic heterocycles. The van der Waals surface area contributed by atoms with E-state index in [1.54, 1.807) is 24.3 Å². The highest BCUT2D eigenvalue weighted by Crippen LogP contribution is 2.31. The quantitative estimate of drug-likeness (QED) is 0.0363. The van der Waals surface area contributed by atoms with E-state index >= 15 is 0 Å². The Labute approximate surface area is 288 Å². The van der Waals surface area contributed by atoms with Crippen molar-refractivity contribution in [2.75, 3.05) is 19.8 Å². The van der Waals surface area contributed by atoms with Crippen molar-refractivity contribution < 1.29 is 17.3 Å². The molecule has 0 spiro atoms. The monoisotopic (exact) mass is 693 g/mol. The molecule has 0 bridgehead atoms. The molecule has 0 aliphatic carbocycles. The lowest BCUT2D eigenvalue weighted by molar-refractivity contribution is 0.276. The average Bonchev–Trinajstić information content (AvgIpc) is 3.08. The van der Waals surface area contributed by atoms with Crippen molar-refractivity contribution in [3.8, 4) is 12.0 Å². The fraction of sp³-hybridized carbons (Fsp3) is 0.789. The second kappa shape index (κ2) is 25.8. The average molecular weight is 694 g/mol. The van der Waals surface area contributed by atoms with Crippen LogP contribution in [0, 0.1) is 12.0 Å². The number of hydrogen-bond donors (Lipinski definition) is 0. The van der Waals surface area contributed by atoms with Gasteiger partial charge in [0.2, 0.25) is 0 Å². The molecule has 0 atom stereocenters. The van der Waals surface area contributed by atoms with Gasteiger partial charge in [0.15, 0.2) is 16.6 Å². The third kappa shape index (κ3) is 16.8. The van der Waals surface area contributed by atoms with Crippen molar-refractivity contribution in [1.29, 1.82) is 0 Å². The summed E-state index contributed by atoms with van der Waals surface area (Å²) in [6.45, 7) is 15.1. The molecule has 0 radical (unpaired) electrons. The smallest absolute Gasteiger partial charge is 0.271 e. The number of benzene rings is 1. The zero-order valence-electron chi connectivity index (χ0n) is 30.8. The van der Waals surface area contributed by atoms with E-state index < -0.39 is 26.7 Å². The lowest BCUT2D eigenvalue weighted by Gasteiger charge is -2.32. The number of sulfonamides is 1. The van der Waals surface area contributed by atoms with Gasteiger partial charge in [-0.1, -0.05) is 143 Å². The molecule has 0 saturated heterocycles. The van der Waals surface area contributed by atoms with E-state index in [0.29, 0.717) is 13.0 Å². The van der Waals surface area contributed by atoms with E-state index in [4.69, 9.17) is 8.85 Å². The molecule has 0 N–H and O–H groups in total. The van der Waals surface area contributed by atoms with E-state index in [1.807, 2.05) is 6.07 Å². The zero-order chi connectivity index (χ0) is 34.0. The molecule has 0 saturated carbocycles. The maximum Gasteiger partial charge on any atom is 0.271 e. The first-order valence-electron chi connectivity index (χ1n) is 19.1. The van der Waals surface area contributed by atoms with Gasteiger partial charge in [0.1, 0.15) is 0 Å². The van der Waals surface area contributed by atoms with Crippen molar-refractivity contribution in [3.63, 3.8) is 0 Å². The van der Waals surface area contributed by atoms with Crippen molar-refractivity contribution in [2.45, 2.75) is 179 Å². The minimum Gasteiger partial charge on any atom is -0.417 e. The normalized spacial score (nSPS) is 12.2. The highest BCUT2D eigenvalue weighted by molar-refractivity contribution is 7.89. The van der Waals surface area contributed by atoms with Crippen LogP contribution >= 0.6 is 0 Å². The predicted molar refractivity (Wildman–Crippen MR) is 204 cm³/mol. The van der Waals surface area contributed by atoms with E-state index in [9.17, 15) is 8.42 Å². The summed E-state index contributed by atoms with van der Waals surface area (Å²) in [5, 5.41) is 0. The van der Waals surface area contributed by atoms with E-state index in [-0.39, 0.29) is 11.4 Å². The van der Waals surface area contributed by atoms with Gasteiger partial charge >= 0.3 is 0 Å². The largest absolute Gasteiger partial charge is 0.417 e. The molecule has 5 nitrogen and oxygen atoms in total. The van der Waals surface area contributed by atoms with Gasteiger partial charge in [-0.05, 0) is 61.2 Å². The first kappa shape index (κ1) is 42.9. The van der Waals surface area contributed by atoms with Crippen LogP contribution in [0.4, 0.5) is 0 Å². The fourth-order valence-corrected chi connectivity index (χ4v) is 16.9. The predicted octanol–water partition coefficient (Wildman–Crippen LogP) is 11.5. The zero-order valence-corrected chi connectivity index (χ0v) is 33.7. The van der Waals surface area contributed by atoms with Gasteiger partial charge in [-0.2, -0.15) is 0 Å². The minimum atomic E-state index is -3.74. The number of hydrogen-bond acceptors (Lipinski definition) is 4. The van der Waals surface area contributed by atoms with Crippen LogP contribution in [0.2, 0.25) is 36.3 Å². The molecule has 1 rings (SSSR count). The van der Waals surface area contributed by atoms with Crippen molar-refractivity contribution in [1.82, 2.24) is 4.31 Å². The molecule has 266 valence electrons. The van der Waals surface area contributed by atoms with E-state index in [0.717, 1.165) is 19.4 Å². The number of nitrogens with zero attached hydrogens (tertiary/aromatic N) is 1. The maximum absolute atomic E-state index is 13.7. The van der Waals surface area contributed by atoms with Gasteiger partial charge in [-0.15, -0.1) is 0 Å². The van der Waals surface area contributed by atoms with Gasteiger partial charge in [0.05, 0.1) is 18.0 Å². The molecule has 8 heteroatoms. The van der Waals surface area contributed by atoms with Crippen LogP contribution in [0.5, 0.6) is 0 Å². The number of rotatable bonds is 29. The van der Waals surface area contributed by atoms with Crippen LogP contribution in [-0.2, 0) is 18.9 Å². The number of unbranched alkanes of at least 4 members (excludes halogenated alkanes) is 8. The summed E-state index contributed by atoms with van der Waals surface area (Å²) < 4.78 is 42.4. The fourth-order valence-electron chi connectivity index (χ4n) is 6.23. The van der Waals surface area contributed by atoms with Gasteiger partial charge in [-0.3, -0.25) is 0 Å². The Hall–Kier alpha value is -1.12. The maximum atomic E-state index is 13.7. The van der Waals surface area contributed by atoms with Gasteiger partial charge in [-0.25, -0.2) is 12.7 Å². The summed E-state index contributed by atoms with van der Waals surface area (Å²) in [7, 11) is -7.37. The van der Waals surface area contributed by atoms with Crippen LogP contribution in [0.15, 0.2) is 35.2 Å². The first-order chi connectivity index (χ1) is 22.3. The lowest BCUT2D eigenvalue weighted by Crippen LogP contribution is -2.41. The van der Waals surface area contributed by atoms with E-state index in [2.05, 4.69) is 53.5 Å². The van der Waals surface area contributed by atoms with E-state index in [1.165, 1.54) is 118 Å². The van der Waals surface area contributed by atoms with Crippen LogP contribution in [0.3, 0.4) is 0 Å².